The van der Waals surface area contributed by atoms with E-state index in [2.05, 4.69) is 4.90 Å². The zero-order valence-corrected chi connectivity index (χ0v) is 20.1. The van der Waals surface area contributed by atoms with Gasteiger partial charge in [-0.15, -0.1) is 12.4 Å². The number of hydrogen-bond acceptors (Lipinski definition) is 4. The number of hydrogen-bond donors (Lipinski definition) is 0. The van der Waals surface area contributed by atoms with Crippen molar-refractivity contribution in [2.24, 2.45) is 0 Å². The second-order valence-corrected chi connectivity index (χ2v) is 9.08. The summed E-state index contributed by atoms with van der Waals surface area (Å²) in [5.41, 5.74) is 2.17. The number of aromatic nitrogens is 1. The fraction of sp³-hybridized carbons (Fsp3) is 0.300. The van der Waals surface area contributed by atoms with Gasteiger partial charge in [-0.3, -0.25) is 9.69 Å². The third kappa shape index (κ3) is 5.75. The standard InChI is InChI=1S/C20H20Cl3N3OS.ClH/c1-12-16(23)5-6-17-18(12)24-20(28-17)26(8-4-7-25(2)3)19(27)13-9-14(21)11-15(22)10-13;/h5-6,9-11H,4,7-8H2,1-3H3;1H. The second-order valence-electron chi connectivity index (χ2n) is 6.79. The van der Waals surface area contributed by atoms with E-state index in [1.807, 2.05) is 33.2 Å². The molecular formula is C20H21Cl4N3OS. The third-order valence-corrected chi connectivity index (χ3v) is 6.20. The van der Waals surface area contributed by atoms with Crippen LogP contribution in [0.5, 0.6) is 0 Å². The smallest absolute Gasteiger partial charge is 0.260 e. The van der Waals surface area contributed by atoms with Crippen LogP contribution in [0.2, 0.25) is 15.1 Å². The predicted octanol–water partition coefficient (Wildman–Crippen LogP) is 6.59. The van der Waals surface area contributed by atoms with Crippen molar-refractivity contribution in [1.82, 2.24) is 9.88 Å². The number of rotatable bonds is 6. The Balaban J connectivity index is 0.00000300. The Bertz CT molecular complexity index is 1000. The average molecular weight is 493 g/mol. The monoisotopic (exact) mass is 491 g/mol. The summed E-state index contributed by atoms with van der Waals surface area (Å²) in [7, 11) is 4.01. The highest BCUT2D eigenvalue weighted by Gasteiger charge is 2.22. The quantitative estimate of drug-likeness (QED) is 0.389. The van der Waals surface area contributed by atoms with Crippen LogP contribution < -0.4 is 4.90 Å². The van der Waals surface area contributed by atoms with Crippen LogP contribution in [0, 0.1) is 6.92 Å². The zero-order valence-electron chi connectivity index (χ0n) is 16.2. The molecule has 0 radical (unpaired) electrons. The number of benzene rings is 2. The molecule has 0 aliphatic carbocycles. The summed E-state index contributed by atoms with van der Waals surface area (Å²) in [6, 6.07) is 8.66. The second kappa shape index (κ2) is 10.3. The zero-order chi connectivity index (χ0) is 20.4. The SMILES string of the molecule is Cc1c(Cl)ccc2sc(N(CCCN(C)C)C(=O)c3cc(Cl)cc(Cl)c3)nc12.Cl. The van der Waals surface area contributed by atoms with Gasteiger partial charge in [0, 0.05) is 27.2 Å². The summed E-state index contributed by atoms with van der Waals surface area (Å²) in [6.07, 6.45) is 0.808. The summed E-state index contributed by atoms with van der Waals surface area (Å²) in [6.45, 7) is 3.33. The molecule has 0 bridgehead atoms. The lowest BCUT2D eigenvalue weighted by atomic mass is 10.2. The first-order chi connectivity index (χ1) is 13.3. The number of nitrogens with zero attached hydrogens (tertiary/aromatic N) is 3. The van der Waals surface area contributed by atoms with Gasteiger partial charge < -0.3 is 4.90 Å². The molecule has 1 heterocycles. The van der Waals surface area contributed by atoms with Gasteiger partial charge in [0.15, 0.2) is 5.13 Å². The normalized spacial score (nSPS) is 11.0. The first-order valence-electron chi connectivity index (χ1n) is 8.74. The van der Waals surface area contributed by atoms with Crippen molar-refractivity contribution in [3.8, 4) is 0 Å². The van der Waals surface area contributed by atoms with Crippen LogP contribution >= 0.6 is 58.5 Å². The van der Waals surface area contributed by atoms with E-state index in [-0.39, 0.29) is 18.3 Å². The minimum absolute atomic E-state index is 0. The number of anilines is 1. The summed E-state index contributed by atoms with van der Waals surface area (Å²) >= 11 is 19.9. The maximum absolute atomic E-state index is 13.3. The van der Waals surface area contributed by atoms with Crippen molar-refractivity contribution in [2.45, 2.75) is 13.3 Å². The Morgan fingerprint density at radius 2 is 1.72 bits per heavy atom. The highest BCUT2D eigenvalue weighted by molar-refractivity contribution is 7.22. The topological polar surface area (TPSA) is 36.4 Å². The molecule has 4 nitrogen and oxygen atoms in total. The first kappa shape index (κ1) is 24.2. The number of aryl methyl sites for hydroxylation is 1. The minimum atomic E-state index is -0.175. The third-order valence-electron chi connectivity index (χ3n) is 4.31. The molecule has 156 valence electrons. The molecule has 1 amide bonds. The van der Waals surface area contributed by atoms with Gasteiger partial charge in [0.05, 0.1) is 10.2 Å². The van der Waals surface area contributed by atoms with Crippen LogP contribution in [0.3, 0.4) is 0 Å². The Morgan fingerprint density at radius 3 is 2.34 bits per heavy atom. The van der Waals surface area contributed by atoms with Crippen LogP contribution in [-0.4, -0.2) is 43.0 Å². The fourth-order valence-corrected chi connectivity index (χ4v) is 4.59. The van der Waals surface area contributed by atoms with Crippen molar-refractivity contribution in [2.75, 3.05) is 32.1 Å². The molecule has 3 aromatic rings. The Morgan fingerprint density at radius 1 is 1.07 bits per heavy atom. The summed E-state index contributed by atoms with van der Waals surface area (Å²) in [5, 5.41) is 2.16. The van der Waals surface area contributed by atoms with Crippen LogP contribution in [-0.2, 0) is 0 Å². The molecule has 0 atom stereocenters. The highest BCUT2D eigenvalue weighted by atomic mass is 35.5. The maximum Gasteiger partial charge on any atom is 0.260 e. The Labute approximate surface area is 195 Å². The molecule has 0 N–H and O–H groups in total. The van der Waals surface area contributed by atoms with Gasteiger partial charge in [0.25, 0.3) is 5.91 Å². The van der Waals surface area contributed by atoms with E-state index < -0.39 is 0 Å². The highest BCUT2D eigenvalue weighted by Crippen LogP contribution is 2.34. The molecule has 0 unspecified atom stereocenters. The lowest BCUT2D eigenvalue weighted by molar-refractivity contribution is 0.0986. The van der Waals surface area contributed by atoms with E-state index in [9.17, 15) is 4.79 Å². The minimum Gasteiger partial charge on any atom is -0.309 e. The molecule has 0 aliphatic rings. The lowest BCUT2D eigenvalue weighted by Gasteiger charge is -2.21. The molecule has 0 saturated heterocycles. The first-order valence-corrected chi connectivity index (χ1v) is 10.7. The summed E-state index contributed by atoms with van der Waals surface area (Å²) in [5.74, 6) is -0.175. The van der Waals surface area contributed by atoms with Crippen molar-refractivity contribution < 1.29 is 4.79 Å². The van der Waals surface area contributed by atoms with E-state index in [4.69, 9.17) is 39.8 Å². The number of halogens is 4. The molecule has 3 rings (SSSR count). The summed E-state index contributed by atoms with van der Waals surface area (Å²) in [4.78, 5) is 21.8. The van der Waals surface area contributed by atoms with E-state index in [1.54, 1.807) is 23.1 Å². The van der Waals surface area contributed by atoms with Crippen LogP contribution in [0.1, 0.15) is 22.3 Å². The largest absolute Gasteiger partial charge is 0.309 e. The van der Waals surface area contributed by atoms with E-state index >= 15 is 0 Å². The molecular weight excluding hydrogens is 472 g/mol. The van der Waals surface area contributed by atoms with Gasteiger partial charge in [0.1, 0.15) is 0 Å². The fourth-order valence-electron chi connectivity index (χ4n) is 2.87. The number of carbonyl (C=O) groups is 1. The van der Waals surface area contributed by atoms with E-state index in [0.29, 0.717) is 32.3 Å². The predicted molar refractivity (Wildman–Crippen MR) is 128 cm³/mol. The summed E-state index contributed by atoms with van der Waals surface area (Å²) < 4.78 is 0.992. The van der Waals surface area contributed by atoms with Crippen LogP contribution in [0.15, 0.2) is 30.3 Å². The molecule has 0 saturated carbocycles. The van der Waals surface area contributed by atoms with Crippen molar-refractivity contribution in [3.05, 3.63) is 56.5 Å². The molecule has 1 aromatic heterocycles. The van der Waals surface area contributed by atoms with Crippen molar-refractivity contribution in [3.63, 3.8) is 0 Å². The number of amides is 1. The number of thiazole rings is 1. The molecule has 0 aliphatic heterocycles. The van der Waals surface area contributed by atoms with Crippen molar-refractivity contribution >= 4 is 79.8 Å². The average Bonchev–Trinajstić information content (AvgIpc) is 3.05. The van der Waals surface area contributed by atoms with Gasteiger partial charge in [-0.25, -0.2) is 4.98 Å². The molecule has 29 heavy (non-hydrogen) atoms. The van der Waals surface area contributed by atoms with Crippen molar-refractivity contribution in [1.29, 1.82) is 0 Å². The maximum atomic E-state index is 13.3. The Kier molecular flexibility index (Phi) is 8.59. The number of carbonyl (C=O) groups excluding carboxylic acids is 1. The van der Waals surface area contributed by atoms with Gasteiger partial charge in [-0.2, -0.15) is 0 Å². The van der Waals surface area contributed by atoms with Gasteiger partial charge in [0.2, 0.25) is 0 Å². The number of fused-ring (bicyclic) bond motifs is 1. The van der Waals surface area contributed by atoms with Crippen LogP contribution in [0.4, 0.5) is 5.13 Å². The van der Waals surface area contributed by atoms with Crippen LogP contribution in [0.25, 0.3) is 10.2 Å². The van der Waals surface area contributed by atoms with Gasteiger partial charge in [-0.05, 0) is 69.9 Å². The molecule has 0 fully saturated rings. The lowest BCUT2D eigenvalue weighted by Crippen LogP contribution is -2.33. The van der Waals surface area contributed by atoms with E-state index in [0.717, 1.165) is 28.7 Å². The Hall–Kier alpha value is -1.08. The molecule has 9 heteroatoms. The van der Waals surface area contributed by atoms with Gasteiger partial charge >= 0.3 is 0 Å². The molecule has 2 aromatic carbocycles. The van der Waals surface area contributed by atoms with E-state index in [1.165, 1.54) is 11.3 Å². The van der Waals surface area contributed by atoms with Gasteiger partial charge in [-0.1, -0.05) is 46.1 Å². The molecule has 0 spiro atoms.